The Bertz CT molecular complexity index is 455. The van der Waals surface area contributed by atoms with Crippen LogP contribution < -0.4 is 10.5 Å². The summed E-state index contributed by atoms with van der Waals surface area (Å²) < 4.78 is 26.3. The van der Waals surface area contributed by atoms with Crippen LogP contribution in [0.5, 0.6) is 0 Å². The molecule has 5 nitrogen and oxygen atoms in total. The van der Waals surface area contributed by atoms with E-state index >= 15 is 0 Å². The summed E-state index contributed by atoms with van der Waals surface area (Å²) in [5.74, 6) is 0.966. The van der Waals surface area contributed by atoms with Crippen molar-refractivity contribution in [1.82, 2.24) is 9.71 Å². The van der Waals surface area contributed by atoms with Crippen LogP contribution in [0.3, 0.4) is 0 Å². The smallest absolute Gasteiger partial charge is 0.242 e. The van der Waals surface area contributed by atoms with Crippen molar-refractivity contribution < 1.29 is 8.42 Å². The Labute approximate surface area is 109 Å². The molecule has 0 saturated carbocycles. The first kappa shape index (κ1) is 14.9. The van der Waals surface area contributed by atoms with E-state index in [0.717, 1.165) is 19.3 Å². The third kappa shape index (κ3) is 5.01. The average Bonchev–Trinajstić information content (AvgIpc) is 2.28. The Morgan fingerprint density at radius 3 is 2.61 bits per heavy atom. The highest BCUT2D eigenvalue weighted by atomic mass is 32.2. The fourth-order valence-electron chi connectivity index (χ4n) is 1.52. The van der Waals surface area contributed by atoms with Crippen LogP contribution in [-0.2, 0) is 10.0 Å². The number of aromatic nitrogens is 1. The van der Waals surface area contributed by atoms with Crippen molar-refractivity contribution in [2.24, 2.45) is 5.92 Å². The van der Waals surface area contributed by atoms with Crippen LogP contribution in [0.1, 0.15) is 33.1 Å². The van der Waals surface area contributed by atoms with Crippen molar-refractivity contribution in [1.29, 1.82) is 0 Å². The summed E-state index contributed by atoms with van der Waals surface area (Å²) in [4.78, 5) is 3.92. The van der Waals surface area contributed by atoms with E-state index in [1.165, 1.54) is 18.3 Å². The first-order valence-electron chi connectivity index (χ1n) is 6.13. The molecular formula is C12H21N3O2S. The average molecular weight is 271 g/mol. The van der Waals surface area contributed by atoms with Gasteiger partial charge in [0.25, 0.3) is 0 Å². The van der Waals surface area contributed by atoms with Gasteiger partial charge in [-0.05, 0) is 24.5 Å². The molecule has 0 aromatic carbocycles. The standard InChI is InChI=1S/C12H21N3O2S/c1-10(2)5-3-4-8-15-18(16,17)11-6-7-12(13)14-9-11/h6-7,9-10,15H,3-5,8H2,1-2H3,(H2,13,14). The van der Waals surface area contributed by atoms with Gasteiger partial charge in [-0.25, -0.2) is 18.1 Å². The van der Waals surface area contributed by atoms with Gasteiger partial charge in [0.2, 0.25) is 10.0 Å². The maximum Gasteiger partial charge on any atom is 0.242 e. The Hall–Kier alpha value is -1.14. The van der Waals surface area contributed by atoms with E-state index < -0.39 is 10.0 Å². The summed E-state index contributed by atoms with van der Waals surface area (Å²) in [7, 11) is -3.45. The fraction of sp³-hybridized carbons (Fsp3) is 0.583. The molecule has 0 saturated heterocycles. The molecule has 3 N–H and O–H groups in total. The highest BCUT2D eigenvalue weighted by molar-refractivity contribution is 7.89. The Balaban J connectivity index is 2.43. The number of hydrogen-bond donors (Lipinski definition) is 2. The monoisotopic (exact) mass is 271 g/mol. The molecule has 0 unspecified atom stereocenters. The lowest BCUT2D eigenvalue weighted by Crippen LogP contribution is -2.25. The molecule has 0 amide bonds. The third-order valence-electron chi connectivity index (χ3n) is 2.57. The minimum absolute atomic E-state index is 0.153. The summed E-state index contributed by atoms with van der Waals surface area (Å²) in [6.07, 6.45) is 4.26. The highest BCUT2D eigenvalue weighted by Crippen LogP contribution is 2.09. The lowest BCUT2D eigenvalue weighted by molar-refractivity contribution is 0.530. The third-order valence-corrected chi connectivity index (χ3v) is 4.02. The molecule has 1 aromatic heterocycles. The molecule has 1 aromatic rings. The number of nitrogens with zero attached hydrogens (tertiary/aromatic N) is 1. The Morgan fingerprint density at radius 2 is 2.06 bits per heavy atom. The van der Waals surface area contributed by atoms with E-state index in [0.29, 0.717) is 18.3 Å². The molecule has 18 heavy (non-hydrogen) atoms. The second-order valence-corrected chi connectivity index (χ2v) is 6.47. The topological polar surface area (TPSA) is 85.1 Å². The molecule has 0 aliphatic carbocycles. The fourth-order valence-corrected chi connectivity index (χ4v) is 2.54. The number of anilines is 1. The molecule has 0 bridgehead atoms. The number of nitrogens with one attached hydrogen (secondary N) is 1. The van der Waals surface area contributed by atoms with Gasteiger partial charge in [0.15, 0.2) is 0 Å². The summed E-state index contributed by atoms with van der Waals surface area (Å²) >= 11 is 0. The second kappa shape index (κ2) is 6.70. The highest BCUT2D eigenvalue weighted by Gasteiger charge is 2.13. The van der Waals surface area contributed by atoms with Crippen molar-refractivity contribution in [3.8, 4) is 0 Å². The first-order valence-corrected chi connectivity index (χ1v) is 7.61. The van der Waals surface area contributed by atoms with Crippen molar-refractivity contribution >= 4 is 15.8 Å². The number of unbranched alkanes of at least 4 members (excludes halogenated alkanes) is 1. The molecular weight excluding hydrogens is 250 g/mol. The zero-order valence-corrected chi connectivity index (χ0v) is 11.7. The van der Waals surface area contributed by atoms with Crippen LogP contribution in [-0.4, -0.2) is 19.9 Å². The molecule has 0 aliphatic heterocycles. The van der Waals surface area contributed by atoms with Crippen molar-refractivity contribution in [2.75, 3.05) is 12.3 Å². The van der Waals surface area contributed by atoms with Crippen LogP contribution in [0.15, 0.2) is 23.2 Å². The van der Waals surface area contributed by atoms with Gasteiger partial charge in [0, 0.05) is 12.7 Å². The van der Waals surface area contributed by atoms with Crippen LogP contribution in [0.4, 0.5) is 5.82 Å². The van der Waals surface area contributed by atoms with Gasteiger partial charge < -0.3 is 5.73 Å². The lowest BCUT2D eigenvalue weighted by Gasteiger charge is -2.07. The number of hydrogen-bond acceptors (Lipinski definition) is 4. The van der Waals surface area contributed by atoms with Gasteiger partial charge in [0.05, 0.1) is 0 Å². The van der Waals surface area contributed by atoms with E-state index in [9.17, 15) is 8.42 Å². The zero-order chi connectivity index (χ0) is 13.6. The summed E-state index contributed by atoms with van der Waals surface area (Å²) in [5.41, 5.74) is 5.41. The number of pyridine rings is 1. The predicted octanol–water partition coefficient (Wildman–Crippen LogP) is 1.77. The molecule has 0 fully saturated rings. The van der Waals surface area contributed by atoms with Crippen molar-refractivity contribution in [2.45, 2.75) is 38.0 Å². The van der Waals surface area contributed by atoms with Gasteiger partial charge >= 0.3 is 0 Å². The predicted molar refractivity (Wildman–Crippen MR) is 72.5 cm³/mol. The van der Waals surface area contributed by atoms with E-state index in [2.05, 4.69) is 23.6 Å². The maximum absolute atomic E-state index is 11.8. The van der Waals surface area contributed by atoms with E-state index in [1.54, 1.807) is 0 Å². The number of nitrogens with two attached hydrogens (primary N) is 1. The van der Waals surface area contributed by atoms with Crippen molar-refractivity contribution in [3.63, 3.8) is 0 Å². The van der Waals surface area contributed by atoms with Crippen molar-refractivity contribution in [3.05, 3.63) is 18.3 Å². The number of rotatable bonds is 7. The van der Waals surface area contributed by atoms with E-state index in [-0.39, 0.29) is 4.90 Å². The van der Waals surface area contributed by atoms with Crippen LogP contribution >= 0.6 is 0 Å². The molecule has 0 aliphatic rings. The lowest BCUT2D eigenvalue weighted by atomic mass is 10.1. The largest absolute Gasteiger partial charge is 0.384 e. The van der Waals surface area contributed by atoms with Gasteiger partial charge in [-0.3, -0.25) is 0 Å². The van der Waals surface area contributed by atoms with E-state index in [4.69, 9.17) is 5.73 Å². The zero-order valence-electron chi connectivity index (χ0n) is 10.9. The molecule has 0 atom stereocenters. The first-order chi connectivity index (χ1) is 8.42. The molecule has 6 heteroatoms. The summed E-state index contributed by atoms with van der Waals surface area (Å²) in [5, 5.41) is 0. The van der Waals surface area contributed by atoms with Gasteiger partial charge in [0.1, 0.15) is 10.7 Å². The minimum Gasteiger partial charge on any atom is -0.384 e. The quantitative estimate of drug-likeness (QED) is 0.740. The molecule has 1 heterocycles. The Kier molecular flexibility index (Phi) is 5.55. The number of sulfonamides is 1. The van der Waals surface area contributed by atoms with Crippen LogP contribution in [0.25, 0.3) is 0 Å². The van der Waals surface area contributed by atoms with Crippen LogP contribution in [0.2, 0.25) is 0 Å². The minimum atomic E-state index is -3.45. The maximum atomic E-state index is 11.8. The van der Waals surface area contributed by atoms with E-state index in [1.807, 2.05) is 0 Å². The molecule has 0 radical (unpaired) electrons. The normalized spacial score (nSPS) is 11.9. The van der Waals surface area contributed by atoms with Crippen LogP contribution in [0, 0.1) is 5.92 Å². The molecule has 102 valence electrons. The SMILES string of the molecule is CC(C)CCCCNS(=O)(=O)c1ccc(N)nc1. The summed E-state index contributed by atoms with van der Waals surface area (Å²) in [6, 6.07) is 2.94. The Morgan fingerprint density at radius 1 is 1.33 bits per heavy atom. The van der Waals surface area contributed by atoms with Gasteiger partial charge in [-0.2, -0.15) is 0 Å². The van der Waals surface area contributed by atoms with Gasteiger partial charge in [-0.1, -0.05) is 26.7 Å². The second-order valence-electron chi connectivity index (χ2n) is 4.71. The van der Waals surface area contributed by atoms with Gasteiger partial charge in [-0.15, -0.1) is 0 Å². The summed E-state index contributed by atoms with van der Waals surface area (Å²) in [6.45, 7) is 4.77. The molecule has 1 rings (SSSR count). The number of nitrogen functional groups attached to an aromatic ring is 1. The molecule has 0 spiro atoms.